The zero-order valence-electron chi connectivity index (χ0n) is 11.8. The van der Waals surface area contributed by atoms with Gasteiger partial charge in [0.2, 0.25) is 0 Å². The van der Waals surface area contributed by atoms with Crippen molar-refractivity contribution in [1.82, 2.24) is 0 Å². The Morgan fingerprint density at radius 1 is 1.05 bits per heavy atom. The van der Waals surface area contributed by atoms with Crippen LogP contribution in [0.4, 0.5) is 0 Å². The molecule has 0 aliphatic carbocycles. The van der Waals surface area contributed by atoms with Crippen molar-refractivity contribution in [2.45, 2.75) is 18.4 Å². The summed E-state index contributed by atoms with van der Waals surface area (Å²) >= 11 is 6.10. The highest BCUT2D eigenvalue weighted by atomic mass is 35.5. The van der Waals surface area contributed by atoms with Gasteiger partial charge in [-0.15, -0.1) is 11.6 Å². The summed E-state index contributed by atoms with van der Waals surface area (Å²) in [5.41, 5.74) is 1.91. The lowest BCUT2D eigenvalue weighted by molar-refractivity contribution is -0.144. The molecule has 21 heavy (non-hydrogen) atoms. The van der Waals surface area contributed by atoms with Gasteiger partial charge in [-0.2, -0.15) is 0 Å². The molecule has 2 aromatic carbocycles. The monoisotopic (exact) mass is 304 g/mol. The van der Waals surface area contributed by atoms with Crippen LogP contribution in [0.15, 0.2) is 54.6 Å². The molecule has 2 aromatic rings. The Labute approximate surface area is 129 Å². The van der Waals surface area contributed by atoms with Gasteiger partial charge in [-0.05, 0) is 29.7 Å². The van der Waals surface area contributed by atoms with E-state index < -0.39 is 11.3 Å². The van der Waals surface area contributed by atoms with Crippen molar-refractivity contribution < 1.29 is 14.3 Å². The number of carbonyl (C=O) groups excluding carboxylic acids is 1. The van der Waals surface area contributed by atoms with Crippen LogP contribution in [0.25, 0.3) is 0 Å². The van der Waals surface area contributed by atoms with E-state index in [1.807, 2.05) is 54.6 Å². The smallest absolute Gasteiger partial charge is 0.324 e. The highest BCUT2D eigenvalue weighted by Gasteiger charge is 2.17. The molecule has 0 fully saturated rings. The predicted octanol–water partition coefficient (Wildman–Crippen LogP) is 3.59. The lowest BCUT2D eigenvalue weighted by atomic mass is 10.1. The Kier molecular flexibility index (Phi) is 5.64. The minimum absolute atomic E-state index is 0.242. The molecule has 110 valence electrons. The normalized spacial score (nSPS) is 11.7. The van der Waals surface area contributed by atoms with E-state index >= 15 is 0 Å². The van der Waals surface area contributed by atoms with E-state index in [9.17, 15) is 4.79 Å². The second kappa shape index (κ2) is 7.70. The van der Waals surface area contributed by atoms with E-state index in [0.29, 0.717) is 6.42 Å². The van der Waals surface area contributed by atoms with E-state index in [1.165, 1.54) is 0 Å². The van der Waals surface area contributed by atoms with E-state index in [1.54, 1.807) is 7.11 Å². The third kappa shape index (κ3) is 4.80. The number of esters is 1. The predicted molar refractivity (Wildman–Crippen MR) is 82.6 cm³/mol. The molecule has 0 N–H and O–H groups in total. The fourth-order valence-corrected chi connectivity index (χ4v) is 2.11. The fourth-order valence-electron chi connectivity index (χ4n) is 1.87. The van der Waals surface area contributed by atoms with Crippen LogP contribution >= 0.6 is 11.6 Å². The van der Waals surface area contributed by atoms with Gasteiger partial charge >= 0.3 is 5.97 Å². The first-order valence-corrected chi connectivity index (χ1v) is 7.10. The summed E-state index contributed by atoms with van der Waals surface area (Å²) in [5, 5.41) is -0.692. The number of halogens is 1. The molecule has 0 saturated carbocycles. The van der Waals surface area contributed by atoms with Gasteiger partial charge in [0.1, 0.15) is 17.7 Å². The quantitative estimate of drug-likeness (QED) is 0.604. The summed E-state index contributed by atoms with van der Waals surface area (Å²) < 4.78 is 10.3. The number of benzene rings is 2. The molecule has 1 atom stereocenters. The minimum Gasteiger partial charge on any atom is -0.497 e. The number of alkyl halides is 1. The summed E-state index contributed by atoms with van der Waals surface area (Å²) in [5.74, 6) is 0.368. The Hall–Kier alpha value is -2.00. The third-order valence-corrected chi connectivity index (χ3v) is 3.39. The number of carbonyl (C=O) groups is 1. The lowest BCUT2D eigenvalue weighted by Gasteiger charge is -2.10. The summed E-state index contributed by atoms with van der Waals surface area (Å²) in [6.07, 6.45) is 0.430. The molecule has 0 heterocycles. The van der Waals surface area contributed by atoms with Crippen molar-refractivity contribution in [2.75, 3.05) is 7.11 Å². The van der Waals surface area contributed by atoms with Gasteiger partial charge < -0.3 is 9.47 Å². The molecular formula is C17H17ClO3. The average Bonchev–Trinajstić information content (AvgIpc) is 2.54. The lowest BCUT2D eigenvalue weighted by Crippen LogP contribution is -2.20. The van der Waals surface area contributed by atoms with Crippen LogP contribution in [0.5, 0.6) is 5.75 Å². The SMILES string of the molecule is COc1ccc(C[C@H](Cl)C(=O)OCc2ccccc2)cc1. The largest absolute Gasteiger partial charge is 0.497 e. The first kappa shape index (κ1) is 15.4. The van der Waals surface area contributed by atoms with E-state index in [2.05, 4.69) is 0 Å². The molecular weight excluding hydrogens is 288 g/mol. The number of hydrogen-bond acceptors (Lipinski definition) is 3. The van der Waals surface area contributed by atoms with Crippen LogP contribution in [0.2, 0.25) is 0 Å². The van der Waals surface area contributed by atoms with Crippen molar-refractivity contribution in [3.63, 3.8) is 0 Å². The second-order valence-corrected chi connectivity index (χ2v) is 5.14. The standard InChI is InChI=1S/C17H17ClO3/c1-20-15-9-7-13(8-10-15)11-16(18)17(19)21-12-14-5-3-2-4-6-14/h2-10,16H,11-12H2,1H3/t16-/m0/s1. The van der Waals surface area contributed by atoms with Crippen molar-refractivity contribution in [3.8, 4) is 5.75 Å². The molecule has 4 heteroatoms. The summed E-state index contributed by atoms with van der Waals surface area (Å²) in [6, 6.07) is 17.0. The Morgan fingerprint density at radius 3 is 2.33 bits per heavy atom. The number of ether oxygens (including phenoxy) is 2. The third-order valence-electron chi connectivity index (χ3n) is 3.05. The van der Waals surface area contributed by atoms with Crippen LogP contribution in [0, 0.1) is 0 Å². The molecule has 0 radical (unpaired) electrons. The average molecular weight is 305 g/mol. The molecule has 0 saturated heterocycles. The number of methoxy groups -OCH3 is 1. The van der Waals surface area contributed by atoms with Crippen LogP contribution < -0.4 is 4.74 Å². The minimum atomic E-state index is -0.692. The van der Waals surface area contributed by atoms with Gasteiger partial charge in [-0.3, -0.25) is 4.79 Å². The molecule has 2 rings (SSSR count). The van der Waals surface area contributed by atoms with E-state index in [4.69, 9.17) is 21.1 Å². The van der Waals surface area contributed by atoms with Gasteiger partial charge in [0.05, 0.1) is 7.11 Å². The van der Waals surface area contributed by atoms with Crippen molar-refractivity contribution in [2.24, 2.45) is 0 Å². The summed E-state index contributed by atoms with van der Waals surface area (Å²) in [6.45, 7) is 0.242. The van der Waals surface area contributed by atoms with Crippen LogP contribution in [0.3, 0.4) is 0 Å². The maximum atomic E-state index is 11.9. The first-order valence-electron chi connectivity index (χ1n) is 6.66. The number of rotatable bonds is 6. The maximum Gasteiger partial charge on any atom is 0.324 e. The molecule has 0 aliphatic rings. The van der Waals surface area contributed by atoms with Gasteiger partial charge in [0.15, 0.2) is 0 Å². The van der Waals surface area contributed by atoms with Gasteiger partial charge in [0, 0.05) is 0 Å². The Balaban J connectivity index is 1.84. The molecule has 3 nitrogen and oxygen atoms in total. The maximum absolute atomic E-state index is 11.9. The van der Waals surface area contributed by atoms with Crippen molar-refractivity contribution in [1.29, 1.82) is 0 Å². The topological polar surface area (TPSA) is 35.5 Å². The first-order chi connectivity index (χ1) is 10.2. The molecule has 0 aliphatic heterocycles. The van der Waals surface area contributed by atoms with Crippen LogP contribution in [-0.4, -0.2) is 18.5 Å². The van der Waals surface area contributed by atoms with Gasteiger partial charge in [-0.1, -0.05) is 42.5 Å². The molecule has 0 spiro atoms. The van der Waals surface area contributed by atoms with Crippen molar-refractivity contribution in [3.05, 3.63) is 65.7 Å². The number of hydrogen-bond donors (Lipinski definition) is 0. The Bertz CT molecular complexity index is 566. The molecule has 0 amide bonds. The van der Waals surface area contributed by atoms with Crippen LogP contribution in [-0.2, 0) is 22.6 Å². The van der Waals surface area contributed by atoms with Gasteiger partial charge in [0.25, 0.3) is 0 Å². The van der Waals surface area contributed by atoms with Crippen LogP contribution in [0.1, 0.15) is 11.1 Å². The highest BCUT2D eigenvalue weighted by Crippen LogP contribution is 2.15. The summed E-state index contributed by atoms with van der Waals surface area (Å²) in [7, 11) is 1.61. The van der Waals surface area contributed by atoms with Gasteiger partial charge in [-0.25, -0.2) is 0 Å². The summed E-state index contributed by atoms with van der Waals surface area (Å²) in [4.78, 5) is 11.9. The van der Waals surface area contributed by atoms with E-state index in [-0.39, 0.29) is 6.61 Å². The zero-order chi connectivity index (χ0) is 15.1. The Morgan fingerprint density at radius 2 is 1.71 bits per heavy atom. The molecule has 0 unspecified atom stereocenters. The molecule has 0 bridgehead atoms. The van der Waals surface area contributed by atoms with Crippen molar-refractivity contribution >= 4 is 17.6 Å². The second-order valence-electron chi connectivity index (χ2n) is 4.61. The van der Waals surface area contributed by atoms with E-state index in [0.717, 1.165) is 16.9 Å². The fraction of sp³-hybridized carbons (Fsp3) is 0.235. The highest BCUT2D eigenvalue weighted by molar-refractivity contribution is 6.30. The zero-order valence-corrected chi connectivity index (χ0v) is 12.5. The molecule has 0 aromatic heterocycles.